The predicted molar refractivity (Wildman–Crippen MR) is 79.6 cm³/mol. The summed E-state index contributed by atoms with van der Waals surface area (Å²) in [6.07, 6.45) is 12.5. The Bertz CT molecular complexity index is 144. The molecular weight excluding hydrogens is 206 g/mol. The van der Waals surface area contributed by atoms with Crippen LogP contribution in [0, 0.1) is 0 Å². The lowest BCUT2D eigenvalue weighted by atomic mass is 10.0. The number of hydrogen-bond donors (Lipinski definition) is 0. The first-order valence-corrected chi connectivity index (χ1v) is 8.04. The predicted octanol–water partition coefficient (Wildman–Crippen LogP) is 5.25. The molecule has 0 spiro atoms. The van der Waals surface area contributed by atoms with Crippen molar-refractivity contribution in [3.05, 3.63) is 0 Å². The molecule has 0 aliphatic carbocycles. The maximum absolute atomic E-state index is 2.71. The van der Waals surface area contributed by atoms with Crippen LogP contribution in [0.2, 0.25) is 0 Å². The lowest BCUT2D eigenvalue weighted by Gasteiger charge is -2.30. The van der Waals surface area contributed by atoms with Crippen molar-refractivity contribution in [1.82, 2.24) is 4.90 Å². The van der Waals surface area contributed by atoms with Crippen molar-refractivity contribution in [3.63, 3.8) is 0 Å². The minimum Gasteiger partial charge on any atom is -0.301 e. The molecule has 0 aromatic rings. The van der Waals surface area contributed by atoms with Gasteiger partial charge in [0.1, 0.15) is 0 Å². The average molecular weight is 241 g/mol. The van der Waals surface area contributed by atoms with E-state index in [1.165, 1.54) is 70.9 Å². The number of rotatable bonds is 12. The molecule has 0 saturated heterocycles. The molecule has 0 radical (unpaired) electrons. The zero-order chi connectivity index (χ0) is 12.9. The molecule has 1 unspecified atom stereocenters. The van der Waals surface area contributed by atoms with Crippen molar-refractivity contribution in [2.75, 3.05) is 13.1 Å². The van der Waals surface area contributed by atoms with Gasteiger partial charge < -0.3 is 4.90 Å². The van der Waals surface area contributed by atoms with Crippen LogP contribution in [0.25, 0.3) is 0 Å². The molecule has 0 rings (SSSR count). The molecule has 0 N–H and O–H groups in total. The van der Waals surface area contributed by atoms with E-state index in [0.717, 1.165) is 6.04 Å². The first-order valence-electron chi connectivity index (χ1n) is 8.04. The van der Waals surface area contributed by atoms with E-state index >= 15 is 0 Å². The monoisotopic (exact) mass is 241 g/mol. The van der Waals surface area contributed by atoms with Crippen LogP contribution in [-0.2, 0) is 0 Å². The summed E-state index contributed by atoms with van der Waals surface area (Å²) in [5, 5.41) is 0. The molecule has 17 heavy (non-hydrogen) atoms. The van der Waals surface area contributed by atoms with Gasteiger partial charge in [-0.05, 0) is 32.4 Å². The van der Waals surface area contributed by atoms with Crippen LogP contribution in [0.1, 0.15) is 85.5 Å². The second-order valence-corrected chi connectivity index (χ2v) is 5.25. The average Bonchev–Trinajstić information content (AvgIpc) is 2.36. The van der Waals surface area contributed by atoms with Crippen molar-refractivity contribution in [1.29, 1.82) is 0 Å². The smallest absolute Gasteiger partial charge is 0.00925 e. The van der Waals surface area contributed by atoms with Crippen LogP contribution in [0.4, 0.5) is 0 Å². The fourth-order valence-corrected chi connectivity index (χ4v) is 2.62. The third-order valence-corrected chi connectivity index (χ3v) is 3.83. The molecule has 0 aliphatic rings. The highest BCUT2D eigenvalue weighted by atomic mass is 15.1. The Balaban J connectivity index is 3.83. The van der Waals surface area contributed by atoms with Crippen LogP contribution in [0.15, 0.2) is 0 Å². The summed E-state index contributed by atoms with van der Waals surface area (Å²) in [6, 6.07) is 0.841. The zero-order valence-corrected chi connectivity index (χ0v) is 12.8. The Morgan fingerprint density at radius 1 is 0.765 bits per heavy atom. The summed E-state index contributed by atoms with van der Waals surface area (Å²) in [4.78, 5) is 2.71. The van der Waals surface area contributed by atoms with E-state index in [4.69, 9.17) is 0 Å². The molecule has 0 amide bonds. The van der Waals surface area contributed by atoms with E-state index < -0.39 is 0 Å². The highest BCUT2D eigenvalue weighted by molar-refractivity contribution is 4.69. The van der Waals surface area contributed by atoms with Crippen LogP contribution in [0.3, 0.4) is 0 Å². The fourth-order valence-electron chi connectivity index (χ4n) is 2.62. The molecule has 0 aromatic carbocycles. The number of nitrogens with zero attached hydrogens (tertiary/aromatic N) is 1. The van der Waals surface area contributed by atoms with Gasteiger partial charge in [-0.15, -0.1) is 0 Å². The van der Waals surface area contributed by atoms with Gasteiger partial charge in [0.25, 0.3) is 0 Å². The van der Waals surface area contributed by atoms with Crippen LogP contribution in [0.5, 0.6) is 0 Å². The zero-order valence-electron chi connectivity index (χ0n) is 12.8. The summed E-state index contributed by atoms with van der Waals surface area (Å²) in [5.41, 5.74) is 0. The molecule has 0 saturated carbocycles. The van der Waals surface area contributed by atoms with Gasteiger partial charge in [0.15, 0.2) is 0 Å². The Morgan fingerprint density at radius 3 is 1.94 bits per heavy atom. The quantitative estimate of drug-likeness (QED) is 0.422. The van der Waals surface area contributed by atoms with E-state index in [0.29, 0.717) is 0 Å². The topological polar surface area (TPSA) is 3.24 Å². The molecule has 0 heterocycles. The lowest BCUT2D eigenvalue weighted by molar-refractivity contribution is 0.183. The highest BCUT2D eigenvalue weighted by Gasteiger charge is 2.13. The molecular formula is C16H35N. The fraction of sp³-hybridized carbons (Fsp3) is 1.00. The van der Waals surface area contributed by atoms with E-state index in [9.17, 15) is 0 Å². The van der Waals surface area contributed by atoms with Gasteiger partial charge >= 0.3 is 0 Å². The largest absolute Gasteiger partial charge is 0.301 e. The van der Waals surface area contributed by atoms with E-state index in [1.54, 1.807) is 0 Å². The third kappa shape index (κ3) is 8.65. The van der Waals surface area contributed by atoms with E-state index in [-0.39, 0.29) is 0 Å². The summed E-state index contributed by atoms with van der Waals surface area (Å²) < 4.78 is 0. The van der Waals surface area contributed by atoms with Crippen molar-refractivity contribution in [3.8, 4) is 0 Å². The van der Waals surface area contributed by atoms with Crippen molar-refractivity contribution < 1.29 is 0 Å². The van der Waals surface area contributed by atoms with Crippen LogP contribution >= 0.6 is 0 Å². The minimum atomic E-state index is 0.841. The van der Waals surface area contributed by atoms with Crippen LogP contribution in [-0.4, -0.2) is 24.0 Å². The lowest BCUT2D eigenvalue weighted by Crippen LogP contribution is -2.35. The Hall–Kier alpha value is -0.0400. The SMILES string of the molecule is CCCCCCN(CC)C(CC)CCCCC. The van der Waals surface area contributed by atoms with Gasteiger partial charge in [-0.25, -0.2) is 0 Å². The summed E-state index contributed by atoms with van der Waals surface area (Å²) >= 11 is 0. The van der Waals surface area contributed by atoms with Crippen molar-refractivity contribution in [2.24, 2.45) is 0 Å². The standard InChI is InChI=1S/C16H35N/c1-5-9-11-13-15-17(8-4)16(7-3)14-12-10-6-2/h16H,5-15H2,1-4H3. The maximum Gasteiger partial charge on any atom is 0.00925 e. The Kier molecular flexibility index (Phi) is 12.4. The second kappa shape index (κ2) is 12.4. The third-order valence-electron chi connectivity index (χ3n) is 3.83. The summed E-state index contributed by atoms with van der Waals surface area (Å²) in [7, 11) is 0. The summed E-state index contributed by atoms with van der Waals surface area (Å²) in [6.45, 7) is 11.8. The first-order chi connectivity index (χ1) is 8.29. The molecule has 0 aliphatic heterocycles. The second-order valence-electron chi connectivity index (χ2n) is 5.25. The molecule has 0 bridgehead atoms. The number of hydrogen-bond acceptors (Lipinski definition) is 1. The molecule has 104 valence electrons. The van der Waals surface area contributed by atoms with Crippen molar-refractivity contribution >= 4 is 0 Å². The number of unbranched alkanes of at least 4 members (excludes halogenated alkanes) is 5. The maximum atomic E-state index is 2.71. The van der Waals surface area contributed by atoms with E-state index in [1.807, 2.05) is 0 Å². The summed E-state index contributed by atoms with van der Waals surface area (Å²) in [5.74, 6) is 0. The van der Waals surface area contributed by atoms with Gasteiger partial charge in [0.2, 0.25) is 0 Å². The van der Waals surface area contributed by atoms with Gasteiger partial charge in [-0.3, -0.25) is 0 Å². The molecule has 1 heteroatoms. The van der Waals surface area contributed by atoms with Gasteiger partial charge in [-0.1, -0.05) is 66.2 Å². The molecule has 1 nitrogen and oxygen atoms in total. The minimum absolute atomic E-state index is 0.841. The van der Waals surface area contributed by atoms with Crippen LogP contribution < -0.4 is 0 Å². The molecule has 0 aromatic heterocycles. The Labute approximate surface area is 110 Å². The normalized spacial score (nSPS) is 13.2. The van der Waals surface area contributed by atoms with Crippen molar-refractivity contribution in [2.45, 2.75) is 91.5 Å². The van der Waals surface area contributed by atoms with Gasteiger partial charge in [0, 0.05) is 6.04 Å². The highest BCUT2D eigenvalue weighted by Crippen LogP contribution is 2.14. The Morgan fingerprint density at radius 2 is 1.41 bits per heavy atom. The van der Waals surface area contributed by atoms with E-state index in [2.05, 4.69) is 32.6 Å². The van der Waals surface area contributed by atoms with Gasteiger partial charge in [0.05, 0.1) is 0 Å². The first kappa shape index (κ1) is 17.0. The molecule has 1 atom stereocenters. The van der Waals surface area contributed by atoms with Gasteiger partial charge in [-0.2, -0.15) is 0 Å². The molecule has 0 fully saturated rings.